The molecule has 1 atom stereocenters. The van der Waals surface area contributed by atoms with E-state index in [0.29, 0.717) is 17.2 Å². The van der Waals surface area contributed by atoms with Crippen molar-refractivity contribution in [1.29, 1.82) is 0 Å². The van der Waals surface area contributed by atoms with E-state index in [1.54, 1.807) is 0 Å². The summed E-state index contributed by atoms with van der Waals surface area (Å²) in [6, 6.07) is 10.8. The van der Waals surface area contributed by atoms with Crippen molar-refractivity contribution >= 4 is 5.91 Å². The maximum absolute atomic E-state index is 13.0. The van der Waals surface area contributed by atoms with Gasteiger partial charge >= 0.3 is 0 Å². The summed E-state index contributed by atoms with van der Waals surface area (Å²) in [5, 5.41) is 3.43. The number of nitrogens with zero attached hydrogens (tertiary/aromatic N) is 2. The highest BCUT2D eigenvalue weighted by atomic mass is 16.2. The highest BCUT2D eigenvalue weighted by Gasteiger charge is 2.58. The molecule has 26 heavy (non-hydrogen) atoms. The molecule has 1 amide bonds. The van der Waals surface area contributed by atoms with Crippen molar-refractivity contribution in [3.63, 3.8) is 0 Å². The Morgan fingerprint density at radius 2 is 1.88 bits per heavy atom. The molecule has 0 radical (unpaired) electrons. The Morgan fingerprint density at radius 3 is 2.69 bits per heavy atom. The highest BCUT2D eigenvalue weighted by molar-refractivity contribution is 5.82. The average Bonchev–Trinajstić information content (AvgIpc) is 3.42. The number of carbonyl (C=O) groups excluding carboxylic acids is 1. The van der Waals surface area contributed by atoms with E-state index in [2.05, 4.69) is 45.4 Å². The average molecular weight is 356 g/mol. The van der Waals surface area contributed by atoms with Crippen LogP contribution < -0.4 is 5.32 Å². The van der Waals surface area contributed by atoms with Gasteiger partial charge in [-0.2, -0.15) is 0 Å². The van der Waals surface area contributed by atoms with Crippen LogP contribution in [0.5, 0.6) is 0 Å². The highest BCUT2D eigenvalue weighted by Crippen LogP contribution is 2.59. The summed E-state index contributed by atoms with van der Waals surface area (Å²) in [4.78, 5) is 17.7. The van der Waals surface area contributed by atoms with Crippen LogP contribution in [0.4, 0.5) is 0 Å². The van der Waals surface area contributed by atoms with E-state index >= 15 is 0 Å². The Labute approximate surface area is 157 Å². The number of hydrogen-bond acceptors (Lipinski definition) is 3. The molecule has 1 aromatic carbocycles. The van der Waals surface area contributed by atoms with Crippen molar-refractivity contribution < 1.29 is 4.79 Å². The summed E-state index contributed by atoms with van der Waals surface area (Å²) in [5.74, 6) is 0.785. The lowest BCUT2D eigenvalue weighted by atomic mass is 9.91. The maximum atomic E-state index is 13.0. The molecule has 2 aliphatic heterocycles. The lowest BCUT2D eigenvalue weighted by Gasteiger charge is -2.26. The molecular weight excluding hydrogens is 322 g/mol. The molecule has 3 aliphatic rings. The topological polar surface area (TPSA) is 35.6 Å². The number of carbonyl (C=O) groups is 1. The Bertz CT molecular complexity index is 597. The first kappa shape index (κ1) is 18.0. The molecule has 1 aliphatic carbocycles. The van der Waals surface area contributed by atoms with E-state index in [9.17, 15) is 4.79 Å². The molecule has 1 aromatic rings. The number of benzene rings is 1. The van der Waals surface area contributed by atoms with Crippen LogP contribution in [0.3, 0.4) is 0 Å². The van der Waals surface area contributed by atoms with Crippen LogP contribution in [0, 0.1) is 11.3 Å². The van der Waals surface area contributed by atoms with Crippen molar-refractivity contribution in [2.75, 3.05) is 45.8 Å². The molecule has 0 bridgehead atoms. The molecule has 142 valence electrons. The summed E-state index contributed by atoms with van der Waals surface area (Å²) < 4.78 is 0. The number of amides is 1. The molecule has 1 unspecified atom stereocenters. The van der Waals surface area contributed by atoms with Gasteiger partial charge in [0.2, 0.25) is 5.91 Å². The monoisotopic (exact) mass is 355 g/mol. The summed E-state index contributed by atoms with van der Waals surface area (Å²) in [6.45, 7) is 7.40. The van der Waals surface area contributed by atoms with Crippen molar-refractivity contribution in [3.05, 3.63) is 35.9 Å². The minimum Gasteiger partial charge on any atom is -0.341 e. The molecule has 4 rings (SSSR count). The zero-order valence-electron chi connectivity index (χ0n) is 16.0. The molecule has 1 spiro atoms. The van der Waals surface area contributed by atoms with Gasteiger partial charge in [-0.25, -0.2) is 0 Å². The minimum absolute atomic E-state index is 0.328. The number of piperidine rings is 1. The van der Waals surface area contributed by atoms with Crippen LogP contribution in [0.25, 0.3) is 0 Å². The second-order valence-electron chi connectivity index (χ2n) is 8.48. The molecule has 0 aromatic heterocycles. The van der Waals surface area contributed by atoms with Gasteiger partial charge in [0.05, 0.1) is 0 Å². The fraction of sp³-hybridized carbons (Fsp3) is 0.682. The quantitative estimate of drug-likeness (QED) is 0.882. The Balaban J connectivity index is 1.21. The predicted octanol–water partition coefficient (Wildman–Crippen LogP) is 2.54. The standard InChI is InChI=1S/C22H33N3O/c26-21(20-18-22(20)9-11-23-12-10-22)25-15-5-14-24(16-17-25)13-4-8-19-6-2-1-3-7-19/h1-3,6-7,20,23H,4-5,8-18H2. The number of nitrogens with one attached hydrogen (secondary N) is 1. The van der Waals surface area contributed by atoms with Crippen molar-refractivity contribution in [2.24, 2.45) is 11.3 Å². The third-order valence-electron chi connectivity index (χ3n) is 6.77. The van der Waals surface area contributed by atoms with E-state index in [0.717, 1.165) is 65.1 Å². The van der Waals surface area contributed by atoms with E-state index in [-0.39, 0.29) is 0 Å². The molecule has 1 saturated carbocycles. The third kappa shape index (κ3) is 4.12. The maximum Gasteiger partial charge on any atom is 0.226 e. The minimum atomic E-state index is 0.328. The number of aryl methyl sites for hydroxylation is 1. The van der Waals surface area contributed by atoms with E-state index in [1.807, 2.05) is 0 Å². The van der Waals surface area contributed by atoms with Crippen LogP contribution in [-0.2, 0) is 11.2 Å². The summed E-state index contributed by atoms with van der Waals surface area (Å²) in [6.07, 6.45) is 7.02. The fourth-order valence-electron chi connectivity index (χ4n) is 4.96. The summed E-state index contributed by atoms with van der Waals surface area (Å²) in [5.41, 5.74) is 1.80. The van der Waals surface area contributed by atoms with Gasteiger partial charge in [-0.05, 0) is 75.7 Å². The second-order valence-corrected chi connectivity index (χ2v) is 8.48. The van der Waals surface area contributed by atoms with Crippen LogP contribution in [0.15, 0.2) is 30.3 Å². The molecular formula is C22H33N3O. The predicted molar refractivity (Wildman–Crippen MR) is 105 cm³/mol. The lowest BCUT2D eigenvalue weighted by Crippen LogP contribution is -2.38. The van der Waals surface area contributed by atoms with Gasteiger partial charge in [-0.3, -0.25) is 4.79 Å². The molecule has 4 nitrogen and oxygen atoms in total. The molecule has 2 heterocycles. The molecule has 4 heteroatoms. The molecule has 3 fully saturated rings. The molecule has 1 N–H and O–H groups in total. The summed E-state index contributed by atoms with van der Waals surface area (Å²) in [7, 11) is 0. The van der Waals surface area contributed by atoms with Gasteiger partial charge in [-0.15, -0.1) is 0 Å². The van der Waals surface area contributed by atoms with Crippen LogP contribution in [0.1, 0.15) is 37.7 Å². The smallest absolute Gasteiger partial charge is 0.226 e. The SMILES string of the molecule is O=C(C1CC12CCNCC2)N1CCCN(CCCc2ccccc2)CC1. The Kier molecular flexibility index (Phi) is 5.60. The van der Waals surface area contributed by atoms with Gasteiger partial charge in [0.1, 0.15) is 0 Å². The zero-order chi connectivity index (χ0) is 17.8. The third-order valence-corrected chi connectivity index (χ3v) is 6.77. The lowest BCUT2D eigenvalue weighted by molar-refractivity contribution is -0.133. The van der Waals surface area contributed by atoms with Crippen LogP contribution in [-0.4, -0.2) is 61.5 Å². The van der Waals surface area contributed by atoms with Gasteiger partial charge < -0.3 is 15.1 Å². The second kappa shape index (κ2) is 8.10. The zero-order valence-corrected chi connectivity index (χ0v) is 16.0. The van der Waals surface area contributed by atoms with Gasteiger partial charge in [0.15, 0.2) is 0 Å². The Hall–Kier alpha value is -1.39. The van der Waals surface area contributed by atoms with E-state index in [1.165, 1.54) is 24.8 Å². The van der Waals surface area contributed by atoms with Crippen molar-refractivity contribution in [2.45, 2.75) is 38.5 Å². The van der Waals surface area contributed by atoms with Gasteiger partial charge in [0.25, 0.3) is 0 Å². The van der Waals surface area contributed by atoms with E-state index < -0.39 is 0 Å². The van der Waals surface area contributed by atoms with Gasteiger partial charge in [0, 0.05) is 25.6 Å². The Morgan fingerprint density at radius 1 is 1.08 bits per heavy atom. The molecule has 2 saturated heterocycles. The van der Waals surface area contributed by atoms with Gasteiger partial charge in [-0.1, -0.05) is 30.3 Å². The van der Waals surface area contributed by atoms with E-state index in [4.69, 9.17) is 0 Å². The first-order valence-corrected chi connectivity index (χ1v) is 10.5. The number of rotatable bonds is 5. The first-order chi connectivity index (χ1) is 12.8. The normalized spacial score (nSPS) is 25.8. The van der Waals surface area contributed by atoms with Crippen LogP contribution >= 0.6 is 0 Å². The largest absolute Gasteiger partial charge is 0.341 e. The summed E-state index contributed by atoms with van der Waals surface area (Å²) >= 11 is 0. The number of hydrogen-bond donors (Lipinski definition) is 1. The fourth-order valence-corrected chi connectivity index (χ4v) is 4.96. The first-order valence-electron chi connectivity index (χ1n) is 10.5. The van der Waals surface area contributed by atoms with Crippen molar-refractivity contribution in [1.82, 2.24) is 15.1 Å². The van der Waals surface area contributed by atoms with Crippen LogP contribution in [0.2, 0.25) is 0 Å². The van der Waals surface area contributed by atoms with Crippen molar-refractivity contribution in [3.8, 4) is 0 Å².